The molecule has 0 unspecified atom stereocenters. The van der Waals surface area contributed by atoms with Gasteiger partial charge < -0.3 is 20.0 Å². The molecular weight excluding hydrogens is 260 g/mol. The van der Waals surface area contributed by atoms with Gasteiger partial charge in [-0.25, -0.2) is 9.59 Å². The first-order valence-corrected chi connectivity index (χ1v) is 7.33. The normalized spacial score (nSPS) is 29.6. The average Bonchev–Trinajstić information content (AvgIpc) is 2.81. The van der Waals surface area contributed by atoms with E-state index in [9.17, 15) is 14.7 Å². The molecule has 2 N–H and O–H groups in total. The number of hydrogen-bond donors (Lipinski definition) is 2. The van der Waals surface area contributed by atoms with E-state index in [0.717, 1.165) is 19.3 Å². The summed E-state index contributed by atoms with van der Waals surface area (Å²) < 4.78 is 0. The lowest BCUT2D eigenvalue weighted by molar-refractivity contribution is -0.141. The van der Waals surface area contributed by atoms with Gasteiger partial charge in [0.2, 0.25) is 0 Å². The lowest BCUT2D eigenvalue weighted by Gasteiger charge is -2.40. The molecule has 6 nitrogen and oxygen atoms in total. The van der Waals surface area contributed by atoms with Crippen molar-refractivity contribution in [3.8, 4) is 0 Å². The van der Waals surface area contributed by atoms with E-state index < -0.39 is 18.1 Å². The zero-order valence-corrected chi connectivity index (χ0v) is 12.2. The number of carbonyl (C=O) groups excluding carboxylic acids is 1. The summed E-state index contributed by atoms with van der Waals surface area (Å²) in [5.41, 5.74) is 0.285. The van der Waals surface area contributed by atoms with E-state index in [4.69, 9.17) is 5.11 Å². The van der Waals surface area contributed by atoms with Crippen LogP contribution in [-0.4, -0.2) is 63.8 Å². The number of rotatable bonds is 2. The fourth-order valence-corrected chi connectivity index (χ4v) is 3.03. The van der Waals surface area contributed by atoms with Gasteiger partial charge in [0.1, 0.15) is 6.04 Å². The highest BCUT2D eigenvalue weighted by Crippen LogP contribution is 2.34. The summed E-state index contributed by atoms with van der Waals surface area (Å²) in [6, 6.07) is -1.14. The predicted molar refractivity (Wildman–Crippen MR) is 73.4 cm³/mol. The van der Waals surface area contributed by atoms with Gasteiger partial charge in [-0.1, -0.05) is 20.3 Å². The fourth-order valence-electron chi connectivity index (χ4n) is 3.03. The zero-order chi connectivity index (χ0) is 14.9. The Morgan fingerprint density at radius 1 is 1.30 bits per heavy atom. The van der Waals surface area contributed by atoms with E-state index >= 15 is 0 Å². The molecule has 0 spiro atoms. The Labute approximate surface area is 119 Å². The Hall–Kier alpha value is -1.30. The maximum absolute atomic E-state index is 12.4. The molecule has 2 atom stereocenters. The van der Waals surface area contributed by atoms with Gasteiger partial charge in [-0.05, 0) is 18.3 Å². The smallest absolute Gasteiger partial charge is 0.326 e. The van der Waals surface area contributed by atoms with E-state index in [1.807, 2.05) is 0 Å². The number of likely N-dealkylation sites (tertiary alicyclic amines) is 2. The molecule has 0 radical (unpaired) electrons. The van der Waals surface area contributed by atoms with Crippen LogP contribution in [0.5, 0.6) is 0 Å². The molecule has 2 fully saturated rings. The molecule has 0 bridgehead atoms. The van der Waals surface area contributed by atoms with Crippen molar-refractivity contribution in [3.05, 3.63) is 0 Å². The van der Waals surface area contributed by atoms with E-state index in [1.54, 1.807) is 4.90 Å². The lowest BCUT2D eigenvalue weighted by Crippen LogP contribution is -2.51. The lowest BCUT2D eigenvalue weighted by atomic mass is 9.78. The Bertz CT molecular complexity index is 391. The van der Waals surface area contributed by atoms with Gasteiger partial charge in [-0.15, -0.1) is 0 Å². The fraction of sp³-hybridized carbons (Fsp3) is 0.857. The largest absolute Gasteiger partial charge is 0.480 e. The third-order valence-electron chi connectivity index (χ3n) is 4.90. The van der Waals surface area contributed by atoms with Crippen molar-refractivity contribution < 1.29 is 19.8 Å². The summed E-state index contributed by atoms with van der Waals surface area (Å²) in [5, 5.41) is 18.8. The number of piperidine rings is 1. The van der Waals surface area contributed by atoms with Crippen LogP contribution in [-0.2, 0) is 4.79 Å². The van der Waals surface area contributed by atoms with Gasteiger partial charge in [0.25, 0.3) is 0 Å². The van der Waals surface area contributed by atoms with Crippen LogP contribution in [0.3, 0.4) is 0 Å². The molecule has 0 aromatic carbocycles. The summed E-state index contributed by atoms with van der Waals surface area (Å²) in [6.07, 6.45) is 2.38. The number of carbonyl (C=O) groups is 2. The van der Waals surface area contributed by atoms with Crippen molar-refractivity contribution in [2.75, 3.05) is 19.6 Å². The molecule has 2 saturated heterocycles. The molecular formula is C14H24N2O4. The molecule has 0 saturated carbocycles. The number of aliphatic carboxylic acids is 1. The molecule has 2 aliphatic heterocycles. The molecule has 20 heavy (non-hydrogen) atoms. The third-order valence-corrected chi connectivity index (χ3v) is 4.90. The van der Waals surface area contributed by atoms with E-state index in [-0.39, 0.29) is 24.4 Å². The van der Waals surface area contributed by atoms with Gasteiger partial charge >= 0.3 is 12.0 Å². The number of amides is 2. The van der Waals surface area contributed by atoms with Crippen LogP contribution in [0.1, 0.15) is 39.5 Å². The van der Waals surface area contributed by atoms with Crippen LogP contribution in [0.25, 0.3) is 0 Å². The van der Waals surface area contributed by atoms with Crippen molar-refractivity contribution in [3.63, 3.8) is 0 Å². The SMILES string of the molecule is CCC1(C)CCN(C(=O)N2C[C@@H](O)C[C@H]2C(=O)O)CC1. The molecule has 0 aliphatic carbocycles. The zero-order valence-electron chi connectivity index (χ0n) is 12.2. The van der Waals surface area contributed by atoms with E-state index in [1.165, 1.54) is 4.90 Å². The Morgan fingerprint density at radius 2 is 1.90 bits per heavy atom. The summed E-state index contributed by atoms with van der Waals surface area (Å²) in [4.78, 5) is 26.6. The number of carboxylic acids is 1. The standard InChI is InChI=1S/C14H24N2O4/c1-3-14(2)4-6-15(7-5-14)13(20)16-9-10(17)8-11(16)12(18)19/h10-11,17H,3-9H2,1-2H3,(H,18,19)/t10-,11-/m0/s1. The Balaban J connectivity index is 2.00. The van der Waals surface area contributed by atoms with Crippen molar-refractivity contribution in [1.82, 2.24) is 9.80 Å². The maximum Gasteiger partial charge on any atom is 0.326 e. The predicted octanol–water partition coefficient (Wildman–Crippen LogP) is 1.14. The van der Waals surface area contributed by atoms with E-state index in [2.05, 4.69) is 13.8 Å². The third kappa shape index (κ3) is 2.90. The molecule has 6 heteroatoms. The number of β-amino-alcohol motifs (C(OH)–C–C–N with tert-alkyl or cyclic N) is 1. The second kappa shape index (κ2) is 5.60. The average molecular weight is 284 g/mol. The highest BCUT2D eigenvalue weighted by molar-refractivity contribution is 5.83. The second-order valence-corrected chi connectivity index (χ2v) is 6.33. The van der Waals surface area contributed by atoms with Crippen LogP contribution in [0.15, 0.2) is 0 Å². The summed E-state index contributed by atoms with van der Waals surface area (Å²) >= 11 is 0. The molecule has 114 valence electrons. The van der Waals surface area contributed by atoms with Crippen LogP contribution < -0.4 is 0 Å². The summed E-state index contributed by atoms with van der Waals surface area (Å²) in [5.74, 6) is -1.04. The van der Waals surface area contributed by atoms with Crippen molar-refractivity contribution in [2.45, 2.75) is 51.7 Å². The quantitative estimate of drug-likeness (QED) is 0.796. The Morgan fingerprint density at radius 3 is 2.40 bits per heavy atom. The Kier molecular flexibility index (Phi) is 4.22. The number of hydrogen-bond acceptors (Lipinski definition) is 3. The van der Waals surface area contributed by atoms with Gasteiger partial charge in [0.15, 0.2) is 0 Å². The molecule has 0 aromatic rings. The number of nitrogens with zero attached hydrogens (tertiary/aromatic N) is 2. The monoisotopic (exact) mass is 284 g/mol. The van der Waals surface area contributed by atoms with Crippen LogP contribution in [0.2, 0.25) is 0 Å². The minimum atomic E-state index is -1.04. The highest BCUT2D eigenvalue weighted by atomic mass is 16.4. The molecule has 2 rings (SSSR count). The van der Waals surface area contributed by atoms with Gasteiger partial charge in [0.05, 0.1) is 6.10 Å². The maximum atomic E-state index is 12.4. The van der Waals surface area contributed by atoms with Gasteiger partial charge in [0, 0.05) is 26.1 Å². The van der Waals surface area contributed by atoms with E-state index in [0.29, 0.717) is 13.1 Å². The molecule has 0 aromatic heterocycles. The number of aliphatic hydroxyl groups is 1. The topological polar surface area (TPSA) is 81.1 Å². The number of carboxylic acid groups (broad SMARTS) is 1. The summed E-state index contributed by atoms with van der Waals surface area (Å²) in [7, 11) is 0. The first-order chi connectivity index (χ1) is 9.36. The molecule has 2 aliphatic rings. The second-order valence-electron chi connectivity index (χ2n) is 6.33. The van der Waals surface area contributed by atoms with Crippen LogP contribution in [0, 0.1) is 5.41 Å². The van der Waals surface area contributed by atoms with Crippen LogP contribution >= 0.6 is 0 Å². The minimum absolute atomic E-state index is 0.122. The highest BCUT2D eigenvalue weighted by Gasteiger charge is 2.41. The molecule has 2 heterocycles. The van der Waals surface area contributed by atoms with Crippen molar-refractivity contribution >= 4 is 12.0 Å². The van der Waals surface area contributed by atoms with Crippen molar-refractivity contribution in [2.24, 2.45) is 5.41 Å². The summed E-state index contributed by atoms with van der Waals surface area (Å²) in [6.45, 7) is 5.85. The number of urea groups is 1. The van der Waals surface area contributed by atoms with Crippen molar-refractivity contribution in [1.29, 1.82) is 0 Å². The first kappa shape index (κ1) is 15.1. The van der Waals surface area contributed by atoms with Gasteiger partial charge in [-0.3, -0.25) is 0 Å². The molecule has 2 amide bonds. The van der Waals surface area contributed by atoms with Crippen LogP contribution in [0.4, 0.5) is 4.79 Å². The number of aliphatic hydroxyl groups excluding tert-OH is 1. The minimum Gasteiger partial charge on any atom is -0.480 e. The first-order valence-electron chi connectivity index (χ1n) is 7.33. The van der Waals surface area contributed by atoms with Gasteiger partial charge in [-0.2, -0.15) is 0 Å².